The summed E-state index contributed by atoms with van der Waals surface area (Å²) < 4.78 is 1.82. The molecule has 4 N–H and O–H groups in total. The maximum Gasteiger partial charge on any atom is 0.185 e. The normalized spacial score (nSPS) is 10.1. The van der Waals surface area contributed by atoms with Gasteiger partial charge in [0.25, 0.3) is 0 Å². The van der Waals surface area contributed by atoms with E-state index in [1.807, 2.05) is 29.1 Å². The molecule has 0 radical (unpaired) electrons. The van der Waals surface area contributed by atoms with E-state index >= 15 is 0 Å². The van der Waals surface area contributed by atoms with Crippen LogP contribution in [0.4, 0.5) is 0 Å². The zero-order chi connectivity index (χ0) is 12.1. The van der Waals surface area contributed by atoms with Crippen molar-refractivity contribution in [3.05, 3.63) is 48.3 Å². The zero-order valence-corrected chi connectivity index (χ0v) is 9.45. The number of guanidine groups is 1. The van der Waals surface area contributed by atoms with Gasteiger partial charge >= 0.3 is 0 Å². The first kappa shape index (κ1) is 11.2. The van der Waals surface area contributed by atoms with Crippen LogP contribution in [0.2, 0.25) is 0 Å². The Labute approximate surface area is 99.8 Å². The summed E-state index contributed by atoms with van der Waals surface area (Å²) in [5.74, 6) is 0.137. The summed E-state index contributed by atoms with van der Waals surface area (Å²) in [6, 6.07) is 10.1. The molecule has 5 nitrogen and oxygen atoms in total. The van der Waals surface area contributed by atoms with Crippen molar-refractivity contribution >= 4 is 5.96 Å². The SMILES string of the molecule is NC(N)=NCCc1ccc(-n2cccn2)cc1. The maximum atomic E-state index is 5.26. The highest BCUT2D eigenvalue weighted by molar-refractivity contribution is 5.75. The van der Waals surface area contributed by atoms with Crippen LogP contribution < -0.4 is 11.5 Å². The summed E-state index contributed by atoms with van der Waals surface area (Å²) >= 11 is 0. The summed E-state index contributed by atoms with van der Waals surface area (Å²) in [6.45, 7) is 0.615. The molecule has 0 fully saturated rings. The van der Waals surface area contributed by atoms with Crippen molar-refractivity contribution in [1.29, 1.82) is 0 Å². The number of hydrogen-bond donors (Lipinski definition) is 2. The second-order valence-corrected chi connectivity index (χ2v) is 3.67. The summed E-state index contributed by atoms with van der Waals surface area (Å²) in [6.07, 6.45) is 4.50. The van der Waals surface area contributed by atoms with Crippen molar-refractivity contribution in [2.24, 2.45) is 16.5 Å². The first-order chi connectivity index (χ1) is 8.25. The number of aromatic nitrogens is 2. The van der Waals surface area contributed by atoms with Crippen LogP contribution >= 0.6 is 0 Å². The maximum absolute atomic E-state index is 5.26. The largest absolute Gasteiger partial charge is 0.370 e. The van der Waals surface area contributed by atoms with Crippen molar-refractivity contribution in [2.75, 3.05) is 6.54 Å². The number of rotatable bonds is 4. The molecule has 0 aliphatic carbocycles. The Hall–Kier alpha value is -2.30. The Morgan fingerprint density at radius 2 is 2.00 bits per heavy atom. The van der Waals surface area contributed by atoms with E-state index in [0.717, 1.165) is 12.1 Å². The van der Waals surface area contributed by atoms with E-state index in [2.05, 4.69) is 22.2 Å². The summed E-state index contributed by atoms with van der Waals surface area (Å²) in [5, 5.41) is 4.16. The second kappa shape index (κ2) is 5.16. The van der Waals surface area contributed by atoms with Gasteiger partial charge in [-0.3, -0.25) is 4.99 Å². The predicted molar refractivity (Wildman–Crippen MR) is 67.9 cm³/mol. The zero-order valence-electron chi connectivity index (χ0n) is 9.45. The molecule has 0 aliphatic heterocycles. The molecule has 0 aliphatic rings. The number of aliphatic imine (C=N–C) groups is 1. The van der Waals surface area contributed by atoms with Crippen LogP contribution in [-0.2, 0) is 6.42 Å². The van der Waals surface area contributed by atoms with Gasteiger partial charge in [0.1, 0.15) is 0 Å². The molecular formula is C12H15N5. The fourth-order valence-corrected chi connectivity index (χ4v) is 1.55. The monoisotopic (exact) mass is 229 g/mol. The number of hydrogen-bond acceptors (Lipinski definition) is 2. The molecular weight excluding hydrogens is 214 g/mol. The molecule has 0 unspecified atom stereocenters. The van der Waals surface area contributed by atoms with Gasteiger partial charge in [0.15, 0.2) is 5.96 Å². The second-order valence-electron chi connectivity index (χ2n) is 3.67. The van der Waals surface area contributed by atoms with E-state index in [1.54, 1.807) is 6.20 Å². The highest BCUT2D eigenvalue weighted by Gasteiger charge is 1.96. The molecule has 0 bridgehead atoms. The third kappa shape index (κ3) is 3.07. The van der Waals surface area contributed by atoms with Crippen molar-refractivity contribution in [3.63, 3.8) is 0 Å². The minimum atomic E-state index is 0.137. The molecule has 0 saturated carbocycles. The molecule has 2 rings (SSSR count). The van der Waals surface area contributed by atoms with Gasteiger partial charge in [-0.05, 0) is 30.2 Å². The van der Waals surface area contributed by atoms with E-state index < -0.39 is 0 Å². The lowest BCUT2D eigenvalue weighted by Gasteiger charge is -2.03. The van der Waals surface area contributed by atoms with Crippen LogP contribution in [0.1, 0.15) is 5.56 Å². The molecule has 88 valence electrons. The van der Waals surface area contributed by atoms with E-state index in [4.69, 9.17) is 11.5 Å². The Morgan fingerprint density at radius 3 is 2.59 bits per heavy atom. The van der Waals surface area contributed by atoms with Crippen LogP contribution in [0.15, 0.2) is 47.7 Å². The minimum Gasteiger partial charge on any atom is -0.370 e. The summed E-state index contributed by atoms with van der Waals surface area (Å²) in [5.41, 5.74) is 12.8. The van der Waals surface area contributed by atoms with E-state index in [1.165, 1.54) is 5.56 Å². The van der Waals surface area contributed by atoms with E-state index in [-0.39, 0.29) is 5.96 Å². The van der Waals surface area contributed by atoms with Gasteiger partial charge in [0.2, 0.25) is 0 Å². The lowest BCUT2D eigenvalue weighted by atomic mass is 10.1. The Balaban J connectivity index is 2.01. The standard InChI is InChI=1S/C12H15N5/c13-12(14)15-8-6-10-2-4-11(5-3-10)17-9-1-7-16-17/h1-5,7,9H,6,8H2,(H4,13,14,15). The average molecular weight is 229 g/mol. The molecule has 0 amide bonds. The van der Waals surface area contributed by atoms with Gasteiger partial charge in [-0.1, -0.05) is 12.1 Å². The van der Waals surface area contributed by atoms with Crippen molar-refractivity contribution in [2.45, 2.75) is 6.42 Å². The fraction of sp³-hybridized carbons (Fsp3) is 0.167. The van der Waals surface area contributed by atoms with Gasteiger partial charge in [-0.2, -0.15) is 5.10 Å². The van der Waals surface area contributed by atoms with Crippen LogP contribution in [0.25, 0.3) is 5.69 Å². The smallest absolute Gasteiger partial charge is 0.185 e. The predicted octanol–water partition coefficient (Wildman–Crippen LogP) is 0.688. The van der Waals surface area contributed by atoms with Crippen LogP contribution in [-0.4, -0.2) is 22.3 Å². The third-order valence-electron chi connectivity index (χ3n) is 2.40. The van der Waals surface area contributed by atoms with Crippen LogP contribution in [0.3, 0.4) is 0 Å². The first-order valence-corrected chi connectivity index (χ1v) is 5.40. The van der Waals surface area contributed by atoms with Crippen LogP contribution in [0.5, 0.6) is 0 Å². The van der Waals surface area contributed by atoms with E-state index in [9.17, 15) is 0 Å². The van der Waals surface area contributed by atoms with Gasteiger partial charge in [-0.15, -0.1) is 0 Å². The number of nitrogens with zero attached hydrogens (tertiary/aromatic N) is 3. The van der Waals surface area contributed by atoms with Gasteiger partial charge < -0.3 is 11.5 Å². The van der Waals surface area contributed by atoms with Crippen molar-refractivity contribution in [3.8, 4) is 5.69 Å². The van der Waals surface area contributed by atoms with Gasteiger partial charge in [0, 0.05) is 18.9 Å². The van der Waals surface area contributed by atoms with Crippen molar-refractivity contribution in [1.82, 2.24) is 9.78 Å². The lowest BCUT2D eigenvalue weighted by molar-refractivity contribution is 0.877. The Bertz CT molecular complexity index is 480. The Kier molecular flexibility index (Phi) is 3.40. The highest BCUT2D eigenvalue weighted by Crippen LogP contribution is 2.09. The molecule has 1 aromatic carbocycles. The molecule has 0 spiro atoms. The first-order valence-electron chi connectivity index (χ1n) is 5.40. The molecule has 2 aromatic rings. The molecule has 0 saturated heterocycles. The quantitative estimate of drug-likeness (QED) is 0.597. The number of benzene rings is 1. The average Bonchev–Trinajstić information content (AvgIpc) is 2.83. The van der Waals surface area contributed by atoms with E-state index in [0.29, 0.717) is 6.54 Å². The number of nitrogens with two attached hydrogens (primary N) is 2. The van der Waals surface area contributed by atoms with Crippen LogP contribution in [0, 0.1) is 0 Å². The van der Waals surface area contributed by atoms with Crippen molar-refractivity contribution < 1.29 is 0 Å². The fourth-order valence-electron chi connectivity index (χ4n) is 1.55. The Morgan fingerprint density at radius 1 is 1.24 bits per heavy atom. The molecule has 1 heterocycles. The van der Waals surface area contributed by atoms with Gasteiger partial charge in [-0.25, -0.2) is 4.68 Å². The van der Waals surface area contributed by atoms with Gasteiger partial charge in [0.05, 0.1) is 5.69 Å². The molecule has 1 aromatic heterocycles. The molecule has 17 heavy (non-hydrogen) atoms. The summed E-state index contributed by atoms with van der Waals surface area (Å²) in [7, 11) is 0. The molecule has 5 heteroatoms. The third-order valence-corrected chi connectivity index (χ3v) is 2.40. The summed E-state index contributed by atoms with van der Waals surface area (Å²) in [4.78, 5) is 3.95. The molecule has 0 atom stereocenters. The lowest BCUT2D eigenvalue weighted by Crippen LogP contribution is -2.23. The highest BCUT2D eigenvalue weighted by atomic mass is 15.3. The minimum absolute atomic E-state index is 0.137. The topological polar surface area (TPSA) is 82.2 Å².